The number of H-pyrrole nitrogens is 1. The number of nitrogens with one attached hydrogen (secondary N) is 2. The molecule has 0 amide bonds. The summed E-state index contributed by atoms with van der Waals surface area (Å²) in [5.74, 6) is -0.129. The van der Waals surface area contributed by atoms with Crippen LogP contribution in [0.2, 0.25) is 5.02 Å². The number of anilines is 2. The second-order valence-corrected chi connectivity index (χ2v) is 8.70. The highest BCUT2D eigenvalue weighted by Gasteiger charge is 2.40. The maximum absolute atomic E-state index is 12.4. The standard InChI is InChI=1S/C21H25ClN4O3/c1-5-6-14-17(20(27)28)16(13-9-23-25-19(13)24-14)12-7-11(22)8-15-18(12)29-21(2,3)10-26(15)4/h7-9,16H,5-6,10H2,1-4H3,(H,27,28)(H2,23,24,25). The number of halogens is 1. The Kier molecular flexibility index (Phi) is 4.73. The molecule has 4 rings (SSSR count). The summed E-state index contributed by atoms with van der Waals surface area (Å²) in [7, 11) is 1.99. The Balaban J connectivity index is 1.99. The van der Waals surface area contributed by atoms with E-state index in [0.717, 1.165) is 23.2 Å². The van der Waals surface area contributed by atoms with Gasteiger partial charge in [-0.2, -0.15) is 5.10 Å². The predicted molar refractivity (Wildman–Crippen MR) is 113 cm³/mol. The molecule has 0 fully saturated rings. The first-order valence-electron chi connectivity index (χ1n) is 9.72. The van der Waals surface area contributed by atoms with Crippen LogP contribution in [-0.2, 0) is 4.79 Å². The molecule has 2 aromatic rings. The molecule has 1 unspecified atom stereocenters. The van der Waals surface area contributed by atoms with Crippen LogP contribution in [0.15, 0.2) is 29.6 Å². The molecule has 0 spiro atoms. The fraction of sp³-hybridized carbons (Fsp3) is 0.429. The average molecular weight is 417 g/mol. The zero-order valence-corrected chi connectivity index (χ0v) is 17.7. The molecule has 2 aliphatic heterocycles. The number of aromatic amines is 1. The minimum absolute atomic E-state index is 0.305. The van der Waals surface area contributed by atoms with Crippen molar-refractivity contribution in [1.82, 2.24) is 10.2 Å². The van der Waals surface area contributed by atoms with Crippen molar-refractivity contribution in [2.24, 2.45) is 0 Å². The Labute approximate surface area is 174 Å². The minimum Gasteiger partial charge on any atom is -0.484 e. The van der Waals surface area contributed by atoms with Crippen molar-refractivity contribution in [3.63, 3.8) is 0 Å². The third-order valence-corrected chi connectivity index (χ3v) is 5.60. The maximum Gasteiger partial charge on any atom is 0.334 e. The Hall–Kier alpha value is -2.67. The molecule has 0 aliphatic carbocycles. The molecule has 3 heterocycles. The van der Waals surface area contributed by atoms with Gasteiger partial charge in [-0.25, -0.2) is 4.79 Å². The number of carboxylic acid groups (broad SMARTS) is 1. The van der Waals surface area contributed by atoms with E-state index in [4.69, 9.17) is 16.3 Å². The van der Waals surface area contributed by atoms with Crippen LogP contribution in [0.1, 0.15) is 50.7 Å². The zero-order valence-electron chi connectivity index (χ0n) is 17.0. The van der Waals surface area contributed by atoms with E-state index in [1.807, 2.05) is 40.0 Å². The monoisotopic (exact) mass is 416 g/mol. The molecule has 0 saturated heterocycles. The molecule has 3 N–H and O–H groups in total. The van der Waals surface area contributed by atoms with Crippen molar-refractivity contribution in [2.75, 3.05) is 23.8 Å². The molecule has 154 valence electrons. The lowest BCUT2D eigenvalue weighted by atomic mass is 9.81. The van der Waals surface area contributed by atoms with Gasteiger partial charge in [-0.3, -0.25) is 5.10 Å². The predicted octanol–water partition coefficient (Wildman–Crippen LogP) is 4.37. The number of aromatic nitrogens is 2. The summed E-state index contributed by atoms with van der Waals surface area (Å²) in [4.78, 5) is 14.5. The largest absolute Gasteiger partial charge is 0.484 e. The number of benzene rings is 1. The fourth-order valence-corrected chi connectivity index (χ4v) is 4.58. The highest BCUT2D eigenvalue weighted by Crippen LogP contribution is 2.50. The number of rotatable bonds is 4. The van der Waals surface area contributed by atoms with E-state index in [0.29, 0.717) is 40.8 Å². The lowest BCUT2D eigenvalue weighted by Gasteiger charge is -2.41. The van der Waals surface area contributed by atoms with Gasteiger partial charge in [0.1, 0.15) is 17.2 Å². The summed E-state index contributed by atoms with van der Waals surface area (Å²) in [6.45, 7) is 6.76. The minimum atomic E-state index is -0.963. The zero-order chi connectivity index (χ0) is 20.9. The number of ether oxygens (including phenoxy) is 1. The number of fused-ring (bicyclic) bond motifs is 2. The topological polar surface area (TPSA) is 90.5 Å². The highest BCUT2D eigenvalue weighted by molar-refractivity contribution is 6.31. The SMILES string of the molecule is CCCC1=C(C(=O)O)C(c2cc(Cl)cc3c2OC(C)(C)CN3C)c2cn[nH]c2N1. The van der Waals surface area contributed by atoms with Gasteiger partial charge in [0, 0.05) is 28.9 Å². The Morgan fingerprint density at radius 1 is 1.41 bits per heavy atom. The van der Waals surface area contributed by atoms with Gasteiger partial charge in [0.15, 0.2) is 0 Å². The van der Waals surface area contributed by atoms with Crippen LogP contribution in [0.25, 0.3) is 0 Å². The molecule has 29 heavy (non-hydrogen) atoms. The van der Waals surface area contributed by atoms with Crippen molar-refractivity contribution in [2.45, 2.75) is 45.1 Å². The number of hydrogen-bond acceptors (Lipinski definition) is 5. The smallest absolute Gasteiger partial charge is 0.334 e. The van der Waals surface area contributed by atoms with E-state index in [-0.39, 0.29) is 0 Å². The molecule has 1 aromatic heterocycles. The van der Waals surface area contributed by atoms with Crippen molar-refractivity contribution >= 4 is 29.1 Å². The number of carboxylic acids is 1. The van der Waals surface area contributed by atoms with Crippen LogP contribution < -0.4 is 15.0 Å². The van der Waals surface area contributed by atoms with E-state index in [1.165, 1.54) is 0 Å². The van der Waals surface area contributed by atoms with Gasteiger partial charge in [-0.1, -0.05) is 24.9 Å². The highest BCUT2D eigenvalue weighted by atomic mass is 35.5. The summed E-state index contributed by atoms with van der Waals surface area (Å²) < 4.78 is 6.38. The molecule has 8 heteroatoms. The van der Waals surface area contributed by atoms with Crippen LogP contribution in [0.3, 0.4) is 0 Å². The molecule has 0 bridgehead atoms. The first-order valence-corrected chi connectivity index (χ1v) is 10.1. The van der Waals surface area contributed by atoms with Gasteiger partial charge < -0.3 is 20.1 Å². The summed E-state index contributed by atoms with van der Waals surface area (Å²) in [6, 6.07) is 3.68. The summed E-state index contributed by atoms with van der Waals surface area (Å²) in [6.07, 6.45) is 3.10. The third kappa shape index (κ3) is 3.33. The molecule has 0 radical (unpaired) electrons. The second-order valence-electron chi connectivity index (χ2n) is 8.27. The van der Waals surface area contributed by atoms with Crippen molar-refractivity contribution < 1.29 is 14.6 Å². The fourth-order valence-electron chi connectivity index (χ4n) is 4.36. The molecule has 0 saturated carbocycles. The normalized spacial score (nSPS) is 19.9. The van der Waals surface area contributed by atoms with Gasteiger partial charge in [0.25, 0.3) is 0 Å². The van der Waals surface area contributed by atoms with E-state index in [2.05, 4.69) is 20.4 Å². The van der Waals surface area contributed by atoms with Crippen LogP contribution in [0.4, 0.5) is 11.5 Å². The van der Waals surface area contributed by atoms with Gasteiger partial charge in [-0.05, 0) is 32.4 Å². The number of likely N-dealkylation sites (N-methyl/N-ethyl adjacent to an activating group) is 1. The van der Waals surface area contributed by atoms with Crippen LogP contribution in [0.5, 0.6) is 5.75 Å². The molecule has 1 aromatic carbocycles. The quantitative estimate of drug-likeness (QED) is 0.685. The lowest BCUT2D eigenvalue weighted by Crippen LogP contribution is -2.45. The molecule has 7 nitrogen and oxygen atoms in total. The summed E-state index contributed by atoms with van der Waals surface area (Å²) in [5, 5.41) is 21.0. The number of carbonyl (C=O) groups is 1. The van der Waals surface area contributed by atoms with Gasteiger partial charge in [0.05, 0.1) is 29.9 Å². The Morgan fingerprint density at radius 3 is 2.86 bits per heavy atom. The van der Waals surface area contributed by atoms with Gasteiger partial charge in [0.2, 0.25) is 0 Å². The summed E-state index contributed by atoms with van der Waals surface area (Å²) >= 11 is 6.48. The average Bonchev–Trinajstić information content (AvgIpc) is 3.08. The van der Waals surface area contributed by atoms with Crippen molar-refractivity contribution in [3.05, 3.63) is 45.7 Å². The summed E-state index contributed by atoms with van der Waals surface area (Å²) in [5.41, 5.74) is 2.93. The molecular weight excluding hydrogens is 392 g/mol. The lowest BCUT2D eigenvalue weighted by molar-refractivity contribution is -0.133. The first-order chi connectivity index (χ1) is 13.7. The first kappa shape index (κ1) is 19.6. The van der Waals surface area contributed by atoms with Crippen LogP contribution in [0, 0.1) is 0 Å². The van der Waals surface area contributed by atoms with Crippen molar-refractivity contribution in [1.29, 1.82) is 0 Å². The molecular formula is C21H25ClN4O3. The van der Waals surface area contributed by atoms with E-state index in [9.17, 15) is 9.90 Å². The number of hydrogen-bond donors (Lipinski definition) is 3. The van der Waals surface area contributed by atoms with E-state index >= 15 is 0 Å². The van der Waals surface area contributed by atoms with E-state index in [1.54, 1.807) is 6.20 Å². The second kappa shape index (κ2) is 6.99. The Morgan fingerprint density at radius 2 is 2.17 bits per heavy atom. The van der Waals surface area contributed by atoms with Gasteiger partial charge in [-0.15, -0.1) is 0 Å². The van der Waals surface area contributed by atoms with E-state index < -0.39 is 17.5 Å². The van der Waals surface area contributed by atoms with Gasteiger partial charge >= 0.3 is 5.97 Å². The van der Waals surface area contributed by atoms with Crippen LogP contribution >= 0.6 is 11.6 Å². The number of aliphatic carboxylic acids is 1. The maximum atomic E-state index is 12.4. The molecule has 1 atom stereocenters. The number of allylic oxidation sites excluding steroid dienone is 1. The van der Waals surface area contributed by atoms with Crippen molar-refractivity contribution in [3.8, 4) is 5.75 Å². The third-order valence-electron chi connectivity index (χ3n) is 5.38. The Bertz CT molecular complexity index is 1010. The van der Waals surface area contributed by atoms with Crippen LogP contribution in [-0.4, -0.2) is 40.5 Å². The molecule has 2 aliphatic rings. The number of nitrogens with zero attached hydrogens (tertiary/aromatic N) is 2.